The first kappa shape index (κ1) is 17.1. The summed E-state index contributed by atoms with van der Waals surface area (Å²) in [7, 11) is 0. The van der Waals surface area contributed by atoms with Crippen LogP contribution in [0.4, 0.5) is 10.1 Å². The lowest BCUT2D eigenvalue weighted by Gasteiger charge is -2.31. The highest BCUT2D eigenvalue weighted by Gasteiger charge is 2.22. The molecule has 0 aliphatic carbocycles. The second-order valence-electron chi connectivity index (χ2n) is 5.97. The molecule has 1 unspecified atom stereocenters. The van der Waals surface area contributed by atoms with Crippen LogP contribution in [0.25, 0.3) is 0 Å². The first-order valence-corrected chi connectivity index (χ1v) is 8.11. The van der Waals surface area contributed by atoms with Crippen LogP contribution >= 0.6 is 0 Å². The number of nitrogens with zero attached hydrogens (tertiary/aromatic N) is 1. The SMILES string of the molecule is CC1CN(C(=O)c2ccc(NC(=O)c3ccc(F)cc3)cc2)CCO1. The minimum absolute atomic E-state index is 0.0342. The van der Waals surface area contributed by atoms with Crippen molar-refractivity contribution in [1.29, 1.82) is 0 Å². The van der Waals surface area contributed by atoms with Crippen LogP contribution in [0.15, 0.2) is 48.5 Å². The number of nitrogens with one attached hydrogen (secondary N) is 1. The predicted octanol–water partition coefficient (Wildman–Crippen LogP) is 2.94. The van der Waals surface area contributed by atoms with Crippen LogP contribution < -0.4 is 5.32 Å². The van der Waals surface area contributed by atoms with E-state index < -0.39 is 5.82 Å². The average molecular weight is 342 g/mol. The Morgan fingerprint density at radius 2 is 1.72 bits per heavy atom. The highest BCUT2D eigenvalue weighted by atomic mass is 19.1. The second kappa shape index (κ2) is 7.44. The average Bonchev–Trinajstić information content (AvgIpc) is 2.62. The predicted molar refractivity (Wildman–Crippen MR) is 92.1 cm³/mol. The Kier molecular flexibility index (Phi) is 5.09. The molecule has 2 aromatic carbocycles. The van der Waals surface area contributed by atoms with Crippen LogP contribution in [0.2, 0.25) is 0 Å². The molecular weight excluding hydrogens is 323 g/mol. The van der Waals surface area contributed by atoms with E-state index in [4.69, 9.17) is 4.74 Å². The Hall–Kier alpha value is -2.73. The molecular formula is C19H19FN2O3. The molecule has 1 heterocycles. The van der Waals surface area contributed by atoms with Crippen molar-refractivity contribution in [3.63, 3.8) is 0 Å². The quantitative estimate of drug-likeness (QED) is 0.933. The molecule has 2 aromatic rings. The maximum Gasteiger partial charge on any atom is 0.255 e. The minimum Gasteiger partial charge on any atom is -0.375 e. The van der Waals surface area contributed by atoms with Crippen LogP contribution in [-0.4, -0.2) is 42.5 Å². The Bertz CT molecular complexity index is 759. The number of rotatable bonds is 3. The van der Waals surface area contributed by atoms with Gasteiger partial charge >= 0.3 is 0 Å². The van der Waals surface area contributed by atoms with Gasteiger partial charge in [0.15, 0.2) is 0 Å². The summed E-state index contributed by atoms with van der Waals surface area (Å²) in [6.07, 6.45) is 0.0342. The van der Waals surface area contributed by atoms with Gasteiger partial charge in [-0.2, -0.15) is 0 Å². The summed E-state index contributed by atoms with van der Waals surface area (Å²) in [6, 6.07) is 12.0. The summed E-state index contributed by atoms with van der Waals surface area (Å²) in [5.41, 5.74) is 1.50. The molecule has 25 heavy (non-hydrogen) atoms. The number of carbonyl (C=O) groups excluding carboxylic acids is 2. The van der Waals surface area contributed by atoms with Gasteiger partial charge in [-0.25, -0.2) is 4.39 Å². The summed E-state index contributed by atoms with van der Waals surface area (Å²) >= 11 is 0. The lowest BCUT2D eigenvalue weighted by Crippen LogP contribution is -2.44. The lowest BCUT2D eigenvalue weighted by atomic mass is 10.1. The molecule has 3 rings (SSSR count). The summed E-state index contributed by atoms with van der Waals surface area (Å²) in [5, 5.41) is 2.72. The Morgan fingerprint density at radius 3 is 2.36 bits per heavy atom. The Balaban J connectivity index is 1.64. The molecule has 2 amide bonds. The monoisotopic (exact) mass is 342 g/mol. The molecule has 0 radical (unpaired) electrons. The topological polar surface area (TPSA) is 58.6 Å². The summed E-state index contributed by atoms with van der Waals surface area (Å²) in [6.45, 7) is 3.63. The van der Waals surface area contributed by atoms with E-state index in [0.29, 0.717) is 36.5 Å². The standard InChI is InChI=1S/C19H19FN2O3/c1-13-12-22(10-11-25-13)19(24)15-4-8-17(9-5-15)21-18(23)14-2-6-16(20)7-3-14/h2-9,13H,10-12H2,1H3,(H,21,23). The molecule has 6 heteroatoms. The van der Waals surface area contributed by atoms with Crippen molar-refractivity contribution in [2.45, 2.75) is 13.0 Å². The second-order valence-corrected chi connectivity index (χ2v) is 5.97. The van der Waals surface area contributed by atoms with Gasteiger partial charge in [-0.3, -0.25) is 9.59 Å². The smallest absolute Gasteiger partial charge is 0.255 e. The molecule has 1 aliphatic rings. The Morgan fingerprint density at radius 1 is 1.08 bits per heavy atom. The van der Waals surface area contributed by atoms with E-state index in [1.165, 1.54) is 24.3 Å². The van der Waals surface area contributed by atoms with Crippen LogP contribution in [0.3, 0.4) is 0 Å². The third-order valence-electron chi connectivity index (χ3n) is 4.02. The number of carbonyl (C=O) groups is 2. The maximum atomic E-state index is 12.9. The van der Waals surface area contributed by atoms with E-state index in [1.807, 2.05) is 6.92 Å². The van der Waals surface area contributed by atoms with E-state index in [-0.39, 0.29) is 17.9 Å². The molecule has 1 fully saturated rings. The number of benzene rings is 2. The molecule has 0 bridgehead atoms. The van der Waals surface area contributed by atoms with Crippen molar-refractivity contribution in [3.05, 3.63) is 65.5 Å². The summed E-state index contributed by atoms with van der Waals surface area (Å²) < 4.78 is 18.3. The van der Waals surface area contributed by atoms with Crippen molar-refractivity contribution < 1.29 is 18.7 Å². The molecule has 0 spiro atoms. The molecule has 0 aromatic heterocycles. The van der Waals surface area contributed by atoms with Gasteiger partial charge in [0.05, 0.1) is 12.7 Å². The molecule has 1 atom stereocenters. The highest BCUT2D eigenvalue weighted by Crippen LogP contribution is 2.15. The zero-order chi connectivity index (χ0) is 17.8. The molecule has 5 nitrogen and oxygen atoms in total. The van der Waals surface area contributed by atoms with Gasteiger partial charge in [0.25, 0.3) is 11.8 Å². The first-order chi connectivity index (χ1) is 12.0. The minimum atomic E-state index is -0.392. The van der Waals surface area contributed by atoms with Gasteiger partial charge < -0.3 is 15.0 Å². The number of hydrogen-bond donors (Lipinski definition) is 1. The van der Waals surface area contributed by atoms with Crippen LogP contribution in [0.5, 0.6) is 0 Å². The van der Waals surface area contributed by atoms with Crippen LogP contribution in [0, 0.1) is 5.82 Å². The van der Waals surface area contributed by atoms with E-state index >= 15 is 0 Å². The molecule has 1 aliphatic heterocycles. The van der Waals surface area contributed by atoms with Crippen LogP contribution in [0.1, 0.15) is 27.6 Å². The number of anilines is 1. The zero-order valence-electron chi connectivity index (χ0n) is 13.9. The number of hydrogen-bond acceptors (Lipinski definition) is 3. The number of ether oxygens (including phenoxy) is 1. The lowest BCUT2D eigenvalue weighted by molar-refractivity contribution is -0.0124. The van der Waals surface area contributed by atoms with E-state index in [9.17, 15) is 14.0 Å². The Labute approximate surface area is 145 Å². The molecule has 0 saturated carbocycles. The fraction of sp³-hybridized carbons (Fsp3) is 0.263. The number of amides is 2. The van der Waals surface area contributed by atoms with Crippen molar-refractivity contribution in [1.82, 2.24) is 4.90 Å². The first-order valence-electron chi connectivity index (χ1n) is 8.11. The van der Waals surface area contributed by atoms with Crippen LogP contribution in [-0.2, 0) is 4.74 Å². The molecule has 1 saturated heterocycles. The zero-order valence-corrected chi connectivity index (χ0v) is 13.9. The van der Waals surface area contributed by atoms with Gasteiger partial charge in [0.2, 0.25) is 0 Å². The molecule has 130 valence electrons. The van der Waals surface area contributed by atoms with Gasteiger partial charge in [-0.1, -0.05) is 0 Å². The molecule has 1 N–H and O–H groups in total. The fourth-order valence-electron chi connectivity index (χ4n) is 2.69. The maximum absolute atomic E-state index is 12.9. The third kappa shape index (κ3) is 4.22. The van der Waals surface area contributed by atoms with Gasteiger partial charge in [-0.05, 0) is 55.5 Å². The third-order valence-corrected chi connectivity index (χ3v) is 4.02. The van der Waals surface area contributed by atoms with Gasteiger partial charge in [0, 0.05) is 29.9 Å². The normalized spacial score (nSPS) is 17.2. The van der Waals surface area contributed by atoms with E-state index in [0.717, 1.165) is 0 Å². The van der Waals surface area contributed by atoms with Gasteiger partial charge in [0.1, 0.15) is 5.82 Å². The van der Waals surface area contributed by atoms with Crippen molar-refractivity contribution in [2.75, 3.05) is 25.0 Å². The summed E-state index contributed by atoms with van der Waals surface area (Å²) in [4.78, 5) is 26.3. The van der Waals surface area contributed by atoms with Crippen molar-refractivity contribution >= 4 is 17.5 Å². The van der Waals surface area contributed by atoms with Crippen molar-refractivity contribution in [2.24, 2.45) is 0 Å². The fourth-order valence-corrected chi connectivity index (χ4v) is 2.69. The largest absolute Gasteiger partial charge is 0.375 e. The number of halogens is 1. The van der Waals surface area contributed by atoms with Crippen molar-refractivity contribution in [3.8, 4) is 0 Å². The highest BCUT2D eigenvalue weighted by molar-refractivity contribution is 6.04. The summed E-state index contributed by atoms with van der Waals surface area (Å²) in [5.74, 6) is -0.774. The van der Waals surface area contributed by atoms with Gasteiger partial charge in [-0.15, -0.1) is 0 Å². The number of morpholine rings is 1. The van der Waals surface area contributed by atoms with E-state index in [2.05, 4.69) is 5.32 Å². The van der Waals surface area contributed by atoms with E-state index in [1.54, 1.807) is 29.2 Å².